The lowest BCUT2D eigenvalue weighted by Gasteiger charge is -2.40. The Morgan fingerprint density at radius 2 is 2.33 bits per heavy atom. The summed E-state index contributed by atoms with van der Waals surface area (Å²) in [5.41, 5.74) is -0.545. The molecule has 0 spiro atoms. The molecule has 1 aliphatic carbocycles. The van der Waals surface area contributed by atoms with Crippen molar-refractivity contribution in [2.24, 2.45) is 11.3 Å². The van der Waals surface area contributed by atoms with Crippen molar-refractivity contribution in [1.29, 1.82) is 0 Å². The number of rotatable bonds is 6. The molecule has 1 atom stereocenters. The molecular formula is C15H24N4O2. The van der Waals surface area contributed by atoms with Crippen molar-refractivity contribution < 1.29 is 9.90 Å². The van der Waals surface area contributed by atoms with Crippen LogP contribution in [-0.2, 0) is 17.9 Å². The van der Waals surface area contributed by atoms with Gasteiger partial charge in [0.15, 0.2) is 0 Å². The molecule has 21 heavy (non-hydrogen) atoms. The average molecular weight is 292 g/mol. The van der Waals surface area contributed by atoms with Crippen molar-refractivity contribution >= 4 is 5.97 Å². The number of carboxylic acid groups (broad SMARTS) is 1. The number of aliphatic carboxylic acids is 1. The molecule has 2 heterocycles. The monoisotopic (exact) mass is 292 g/mol. The molecule has 1 aromatic rings. The molecule has 6 heteroatoms. The van der Waals surface area contributed by atoms with Crippen molar-refractivity contribution in [2.75, 3.05) is 13.1 Å². The fourth-order valence-corrected chi connectivity index (χ4v) is 3.54. The second-order valence-electron chi connectivity index (χ2n) is 6.54. The minimum absolute atomic E-state index is 0.545. The van der Waals surface area contributed by atoms with Crippen LogP contribution in [0.5, 0.6) is 0 Å². The third kappa shape index (κ3) is 3.10. The van der Waals surface area contributed by atoms with Crippen LogP contribution in [0.2, 0.25) is 0 Å². The quantitative estimate of drug-likeness (QED) is 0.865. The number of hydrogen-bond donors (Lipinski definition) is 1. The Morgan fingerprint density at radius 3 is 3.00 bits per heavy atom. The second kappa shape index (κ2) is 5.75. The molecule has 1 N–H and O–H groups in total. The first kappa shape index (κ1) is 14.5. The van der Waals surface area contributed by atoms with Gasteiger partial charge in [-0.2, -0.15) is 5.10 Å². The SMILES string of the molecule is CCn1ncnc1CN1CCC[C@@](CC2CC2)(C(=O)O)C1. The summed E-state index contributed by atoms with van der Waals surface area (Å²) in [4.78, 5) is 18.4. The fourth-order valence-electron chi connectivity index (χ4n) is 3.54. The van der Waals surface area contributed by atoms with Crippen molar-refractivity contribution in [1.82, 2.24) is 19.7 Å². The lowest BCUT2D eigenvalue weighted by Crippen LogP contribution is -2.48. The van der Waals surface area contributed by atoms with Gasteiger partial charge in [0.05, 0.1) is 12.0 Å². The summed E-state index contributed by atoms with van der Waals surface area (Å²) in [7, 11) is 0. The largest absolute Gasteiger partial charge is 0.481 e. The van der Waals surface area contributed by atoms with Crippen LogP contribution in [0.3, 0.4) is 0 Å². The third-order valence-corrected chi connectivity index (χ3v) is 4.85. The zero-order valence-electron chi connectivity index (χ0n) is 12.7. The number of carbonyl (C=O) groups is 1. The average Bonchev–Trinajstić information content (AvgIpc) is 3.15. The molecule has 0 bridgehead atoms. The molecule has 1 aromatic heterocycles. The highest BCUT2D eigenvalue weighted by Gasteiger charge is 2.45. The molecule has 1 aliphatic heterocycles. The number of carboxylic acids is 1. The number of piperidine rings is 1. The maximum Gasteiger partial charge on any atom is 0.310 e. The molecule has 116 valence electrons. The molecule has 0 radical (unpaired) electrons. The van der Waals surface area contributed by atoms with Crippen molar-refractivity contribution in [3.63, 3.8) is 0 Å². The van der Waals surface area contributed by atoms with Crippen LogP contribution in [0.15, 0.2) is 6.33 Å². The fraction of sp³-hybridized carbons (Fsp3) is 0.800. The van der Waals surface area contributed by atoms with E-state index in [0.717, 1.165) is 38.2 Å². The van der Waals surface area contributed by atoms with Crippen molar-refractivity contribution in [2.45, 2.75) is 52.1 Å². The van der Waals surface area contributed by atoms with Gasteiger partial charge in [-0.15, -0.1) is 0 Å². The van der Waals surface area contributed by atoms with E-state index < -0.39 is 11.4 Å². The second-order valence-corrected chi connectivity index (χ2v) is 6.54. The van der Waals surface area contributed by atoms with Crippen LogP contribution in [0.25, 0.3) is 0 Å². The number of likely N-dealkylation sites (tertiary alicyclic amines) is 1. The van der Waals surface area contributed by atoms with Gasteiger partial charge in [0, 0.05) is 13.1 Å². The Balaban J connectivity index is 1.70. The van der Waals surface area contributed by atoms with Gasteiger partial charge >= 0.3 is 5.97 Å². The summed E-state index contributed by atoms with van der Waals surface area (Å²) in [6.45, 7) is 5.15. The normalized spacial score (nSPS) is 26.9. The highest BCUT2D eigenvalue weighted by Crippen LogP contribution is 2.45. The first-order valence-corrected chi connectivity index (χ1v) is 7.95. The van der Waals surface area contributed by atoms with Gasteiger partial charge < -0.3 is 5.11 Å². The van der Waals surface area contributed by atoms with E-state index in [2.05, 4.69) is 15.0 Å². The molecule has 0 amide bonds. The van der Waals surface area contributed by atoms with Gasteiger partial charge in [0.2, 0.25) is 0 Å². The van der Waals surface area contributed by atoms with Gasteiger partial charge in [-0.1, -0.05) is 12.8 Å². The standard InChI is InChI=1S/C15H24N4O2/c1-2-19-13(16-11-17-19)9-18-7-3-6-15(10-18,14(20)21)8-12-4-5-12/h11-12H,2-10H2,1H3,(H,20,21)/t15-/m0/s1. The van der Waals surface area contributed by atoms with E-state index in [0.29, 0.717) is 19.0 Å². The zero-order valence-corrected chi connectivity index (χ0v) is 12.7. The van der Waals surface area contributed by atoms with Crippen LogP contribution < -0.4 is 0 Å². The maximum absolute atomic E-state index is 11.9. The minimum Gasteiger partial charge on any atom is -0.481 e. The van der Waals surface area contributed by atoms with Gasteiger partial charge in [-0.25, -0.2) is 9.67 Å². The molecule has 3 rings (SSSR count). The van der Waals surface area contributed by atoms with Crippen LogP contribution >= 0.6 is 0 Å². The molecule has 1 saturated heterocycles. The summed E-state index contributed by atoms with van der Waals surface area (Å²) in [5.74, 6) is 0.960. The Hall–Kier alpha value is -1.43. The van der Waals surface area contributed by atoms with Crippen LogP contribution in [0.4, 0.5) is 0 Å². The van der Waals surface area contributed by atoms with E-state index in [1.807, 2.05) is 11.6 Å². The summed E-state index contributed by atoms with van der Waals surface area (Å²) in [5, 5.41) is 13.9. The Kier molecular flexibility index (Phi) is 3.97. The summed E-state index contributed by atoms with van der Waals surface area (Å²) < 4.78 is 1.89. The molecule has 2 fully saturated rings. The van der Waals surface area contributed by atoms with Crippen molar-refractivity contribution in [3.05, 3.63) is 12.2 Å². The van der Waals surface area contributed by atoms with Gasteiger partial charge in [0.25, 0.3) is 0 Å². The first-order valence-electron chi connectivity index (χ1n) is 7.95. The number of nitrogens with zero attached hydrogens (tertiary/aromatic N) is 4. The van der Waals surface area contributed by atoms with Crippen LogP contribution in [0, 0.1) is 11.3 Å². The van der Waals surface area contributed by atoms with Crippen LogP contribution in [-0.4, -0.2) is 43.8 Å². The Morgan fingerprint density at radius 1 is 1.52 bits per heavy atom. The molecule has 1 saturated carbocycles. The summed E-state index contributed by atoms with van der Waals surface area (Å²) in [6, 6.07) is 0. The van der Waals surface area contributed by atoms with E-state index in [1.165, 1.54) is 12.8 Å². The summed E-state index contributed by atoms with van der Waals surface area (Å²) in [6.07, 6.45) is 6.62. The number of aromatic nitrogens is 3. The topological polar surface area (TPSA) is 71.2 Å². The predicted molar refractivity (Wildman–Crippen MR) is 77.6 cm³/mol. The number of aryl methyl sites for hydroxylation is 1. The van der Waals surface area contributed by atoms with Gasteiger partial charge in [0.1, 0.15) is 12.2 Å². The predicted octanol–water partition coefficient (Wildman–Crippen LogP) is 1.76. The first-order chi connectivity index (χ1) is 10.1. The maximum atomic E-state index is 11.9. The molecule has 0 unspecified atom stereocenters. The zero-order chi connectivity index (χ0) is 14.9. The minimum atomic E-state index is -0.615. The molecule has 2 aliphatic rings. The molecule has 0 aromatic carbocycles. The van der Waals surface area contributed by atoms with E-state index in [4.69, 9.17) is 0 Å². The number of hydrogen-bond acceptors (Lipinski definition) is 4. The molecule has 6 nitrogen and oxygen atoms in total. The highest BCUT2D eigenvalue weighted by atomic mass is 16.4. The van der Waals surface area contributed by atoms with Gasteiger partial charge in [-0.05, 0) is 38.6 Å². The van der Waals surface area contributed by atoms with Crippen LogP contribution in [0.1, 0.15) is 44.9 Å². The third-order valence-electron chi connectivity index (χ3n) is 4.85. The van der Waals surface area contributed by atoms with E-state index >= 15 is 0 Å². The smallest absolute Gasteiger partial charge is 0.310 e. The summed E-state index contributed by atoms with van der Waals surface area (Å²) >= 11 is 0. The van der Waals surface area contributed by atoms with E-state index in [-0.39, 0.29) is 0 Å². The molecular weight excluding hydrogens is 268 g/mol. The Bertz CT molecular complexity index is 512. The lowest BCUT2D eigenvalue weighted by molar-refractivity contribution is -0.153. The lowest BCUT2D eigenvalue weighted by atomic mass is 9.75. The van der Waals surface area contributed by atoms with E-state index in [1.54, 1.807) is 6.33 Å². The van der Waals surface area contributed by atoms with Crippen molar-refractivity contribution in [3.8, 4) is 0 Å². The Labute approximate surface area is 125 Å². The van der Waals surface area contributed by atoms with E-state index in [9.17, 15) is 9.90 Å². The highest BCUT2D eigenvalue weighted by molar-refractivity contribution is 5.75. The van der Waals surface area contributed by atoms with Gasteiger partial charge in [-0.3, -0.25) is 9.69 Å².